The van der Waals surface area contributed by atoms with Gasteiger partial charge < -0.3 is 0 Å². The van der Waals surface area contributed by atoms with Crippen LogP contribution < -0.4 is 0 Å². The molecule has 1 aromatic carbocycles. The largest absolute Gasteiger partial charge is 0.0623 e. The minimum atomic E-state index is 0. The first-order valence-electron chi connectivity index (χ1n) is 2.00. The Morgan fingerprint density at radius 3 is 0.714 bits per heavy atom. The highest BCUT2D eigenvalue weighted by molar-refractivity contribution is 4.99. The molecular formula is C6H6F. The third kappa shape index (κ3) is 1.93. The molecule has 0 atom stereocenters. The van der Waals surface area contributed by atoms with Crippen LogP contribution in [-0.2, 0) is 0 Å². The Kier molecular flexibility index (Phi) is 2.94. The summed E-state index contributed by atoms with van der Waals surface area (Å²) in [5.41, 5.74) is 0. The first kappa shape index (κ1) is 6.15. The fourth-order valence-electron chi connectivity index (χ4n) is 0.385. The minimum absolute atomic E-state index is 0. The number of halogens is 1. The molecule has 0 bridgehead atoms. The molecule has 37 valence electrons. The van der Waals surface area contributed by atoms with E-state index in [9.17, 15) is 0 Å². The second-order valence-corrected chi connectivity index (χ2v) is 1.15. The van der Waals surface area contributed by atoms with Crippen LogP contribution in [0.5, 0.6) is 0 Å². The highest BCUT2D eigenvalue weighted by Crippen LogP contribution is 1.79. The van der Waals surface area contributed by atoms with Crippen LogP contribution in [0.4, 0.5) is 4.70 Å². The van der Waals surface area contributed by atoms with E-state index in [0.717, 1.165) is 0 Å². The second kappa shape index (κ2) is 3.34. The molecule has 0 saturated carbocycles. The van der Waals surface area contributed by atoms with E-state index in [1.807, 2.05) is 36.4 Å². The summed E-state index contributed by atoms with van der Waals surface area (Å²) in [5.74, 6) is 0. The lowest BCUT2D eigenvalue weighted by Crippen LogP contribution is -1.47. The van der Waals surface area contributed by atoms with Crippen molar-refractivity contribution in [3.63, 3.8) is 0 Å². The first-order chi connectivity index (χ1) is 3.00. The van der Waals surface area contributed by atoms with Crippen LogP contribution >= 0.6 is 0 Å². The molecule has 0 aliphatic carbocycles. The predicted molar refractivity (Wildman–Crippen MR) is 27.5 cm³/mol. The molecule has 0 aliphatic heterocycles. The van der Waals surface area contributed by atoms with E-state index >= 15 is 0 Å². The monoisotopic (exact) mass is 97.0 g/mol. The maximum atomic E-state index is 2.00. The zero-order valence-corrected chi connectivity index (χ0v) is 3.84. The predicted octanol–water partition coefficient (Wildman–Crippen LogP) is 2.11. The summed E-state index contributed by atoms with van der Waals surface area (Å²) >= 11 is 0. The Labute approximate surface area is 42.2 Å². The van der Waals surface area contributed by atoms with E-state index in [2.05, 4.69) is 0 Å². The Hall–Kier alpha value is -0.850. The first-order valence-corrected chi connectivity index (χ1v) is 2.00. The second-order valence-electron chi connectivity index (χ2n) is 1.15. The van der Waals surface area contributed by atoms with E-state index in [0.29, 0.717) is 0 Å². The average molecular weight is 97.1 g/mol. The molecule has 1 heteroatoms. The molecule has 0 fully saturated rings. The fraction of sp³-hybridized carbons (Fsp3) is 0. The van der Waals surface area contributed by atoms with E-state index < -0.39 is 0 Å². The van der Waals surface area contributed by atoms with Crippen LogP contribution in [0.15, 0.2) is 36.4 Å². The minimum Gasteiger partial charge on any atom is -0.0623 e. The van der Waals surface area contributed by atoms with Crippen molar-refractivity contribution in [3.05, 3.63) is 36.4 Å². The van der Waals surface area contributed by atoms with Crippen molar-refractivity contribution in [2.75, 3.05) is 0 Å². The maximum Gasteiger partial charge on any atom is 0 e. The molecule has 0 aliphatic rings. The van der Waals surface area contributed by atoms with Crippen LogP contribution in [0, 0.1) is 0 Å². The lowest BCUT2D eigenvalue weighted by Gasteiger charge is -1.69. The van der Waals surface area contributed by atoms with Crippen molar-refractivity contribution in [2.45, 2.75) is 0 Å². The van der Waals surface area contributed by atoms with Crippen molar-refractivity contribution in [1.82, 2.24) is 0 Å². The highest BCUT2D eigenvalue weighted by atomic mass is 19.0. The van der Waals surface area contributed by atoms with Gasteiger partial charge in [-0.3, -0.25) is 0 Å². The van der Waals surface area contributed by atoms with Crippen LogP contribution in [-0.4, -0.2) is 0 Å². The summed E-state index contributed by atoms with van der Waals surface area (Å²) in [7, 11) is 0. The van der Waals surface area contributed by atoms with E-state index in [4.69, 9.17) is 0 Å². The van der Waals surface area contributed by atoms with Gasteiger partial charge in [0.25, 0.3) is 0 Å². The molecule has 0 spiro atoms. The van der Waals surface area contributed by atoms with Crippen LogP contribution in [0.1, 0.15) is 0 Å². The van der Waals surface area contributed by atoms with Crippen molar-refractivity contribution in [1.29, 1.82) is 0 Å². The molecular weight excluding hydrogens is 91.1 g/mol. The molecule has 1 aromatic rings. The number of hydrogen-bond donors (Lipinski definition) is 0. The summed E-state index contributed by atoms with van der Waals surface area (Å²) in [5, 5.41) is 0. The summed E-state index contributed by atoms with van der Waals surface area (Å²) in [4.78, 5) is 0. The lowest BCUT2D eigenvalue weighted by atomic mass is 10.4. The van der Waals surface area contributed by atoms with Gasteiger partial charge in [-0.1, -0.05) is 36.4 Å². The molecule has 0 amide bonds. The Balaban J connectivity index is 0.000000360. The number of benzene rings is 1. The van der Waals surface area contributed by atoms with Crippen molar-refractivity contribution in [2.24, 2.45) is 0 Å². The van der Waals surface area contributed by atoms with Gasteiger partial charge in [-0.2, -0.15) is 0 Å². The maximum absolute atomic E-state index is 2.00. The van der Waals surface area contributed by atoms with Crippen LogP contribution in [0.25, 0.3) is 0 Å². The third-order valence-corrected chi connectivity index (χ3v) is 0.667. The third-order valence-electron chi connectivity index (χ3n) is 0.667. The molecule has 0 unspecified atom stereocenters. The van der Waals surface area contributed by atoms with Gasteiger partial charge in [0, 0.05) is 4.70 Å². The standard InChI is InChI=1S/C6H6.F/c1-2-4-6-5-3-1;/h1-6H;. The van der Waals surface area contributed by atoms with Gasteiger partial charge in [-0.25, -0.2) is 0 Å². The molecule has 1 rings (SSSR count). The Morgan fingerprint density at radius 2 is 0.571 bits per heavy atom. The molecule has 0 nitrogen and oxygen atoms in total. The molecule has 0 aromatic heterocycles. The number of rotatable bonds is 0. The quantitative estimate of drug-likeness (QED) is 0.465. The van der Waals surface area contributed by atoms with Gasteiger partial charge in [0.2, 0.25) is 0 Å². The normalized spacial score (nSPS) is 6.86. The van der Waals surface area contributed by atoms with Gasteiger partial charge in [0.05, 0.1) is 0 Å². The summed E-state index contributed by atoms with van der Waals surface area (Å²) in [6, 6.07) is 12.0. The van der Waals surface area contributed by atoms with E-state index in [-0.39, 0.29) is 4.70 Å². The summed E-state index contributed by atoms with van der Waals surface area (Å²) in [6.45, 7) is 0. The smallest absolute Gasteiger partial charge is 0 e. The topological polar surface area (TPSA) is 0 Å². The molecule has 0 heterocycles. The zero-order valence-electron chi connectivity index (χ0n) is 3.84. The van der Waals surface area contributed by atoms with E-state index in [1.165, 1.54) is 0 Å². The number of hydrogen-bond acceptors (Lipinski definition) is 0. The van der Waals surface area contributed by atoms with Gasteiger partial charge in [-0.15, -0.1) is 0 Å². The molecule has 0 N–H and O–H groups in total. The van der Waals surface area contributed by atoms with Crippen molar-refractivity contribution >= 4 is 0 Å². The van der Waals surface area contributed by atoms with Crippen LogP contribution in [0.2, 0.25) is 0 Å². The van der Waals surface area contributed by atoms with Crippen molar-refractivity contribution in [3.8, 4) is 0 Å². The van der Waals surface area contributed by atoms with Crippen LogP contribution in [0.3, 0.4) is 0 Å². The Morgan fingerprint density at radius 1 is 0.429 bits per heavy atom. The summed E-state index contributed by atoms with van der Waals surface area (Å²) in [6.07, 6.45) is 0. The summed E-state index contributed by atoms with van der Waals surface area (Å²) < 4.78 is 0. The molecule has 7 heavy (non-hydrogen) atoms. The van der Waals surface area contributed by atoms with Gasteiger partial charge >= 0.3 is 0 Å². The molecule has 1 radical (unpaired) electrons. The Bertz CT molecular complexity index is 76.1. The van der Waals surface area contributed by atoms with Gasteiger partial charge in [-0.05, 0) is 0 Å². The van der Waals surface area contributed by atoms with E-state index in [1.54, 1.807) is 0 Å². The molecule has 0 saturated heterocycles. The average Bonchev–Trinajstić information content (AvgIpc) is 1.72. The lowest BCUT2D eigenvalue weighted by molar-refractivity contribution is 1.11. The van der Waals surface area contributed by atoms with Crippen molar-refractivity contribution < 1.29 is 4.70 Å². The van der Waals surface area contributed by atoms with Gasteiger partial charge in [0.15, 0.2) is 0 Å². The zero-order chi connectivity index (χ0) is 4.24. The van der Waals surface area contributed by atoms with Gasteiger partial charge in [0.1, 0.15) is 0 Å². The SMILES string of the molecule is [F].c1ccccc1. The fourth-order valence-corrected chi connectivity index (χ4v) is 0.385. The highest BCUT2D eigenvalue weighted by Gasteiger charge is 1.57.